The van der Waals surface area contributed by atoms with Crippen LogP contribution in [0, 0.1) is 0 Å². The summed E-state index contributed by atoms with van der Waals surface area (Å²) in [5.41, 5.74) is 10.5. The number of hydrazone groups is 1. The van der Waals surface area contributed by atoms with Crippen LogP contribution in [0.25, 0.3) is 0 Å². The summed E-state index contributed by atoms with van der Waals surface area (Å²) >= 11 is 11.8. The lowest BCUT2D eigenvalue weighted by atomic mass is 10.1. The van der Waals surface area contributed by atoms with E-state index in [1.807, 2.05) is 19.1 Å². The molecule has 2 aromatic rings. The first-order valence-electron chi connectivity index (χ1n) is 7.72. The van der Waals surface area contributed by atoms with Gasteiger partial charge in [0.25, 0.3) is 0 Å². The standard InChI is InChI=1S/C18H19Cl2N3O2/c1-12(13-4-7-15(21)8-5-13)22-23-18(24)3-2-10-25-17-9-6-14(19)11-16(17)20/h4-9,11H,2-3,10,21H2,1H3,(H,23,24)/b22-12-. The summed E-state index contributed by atoms with van der Waals surface area (Å²) < 4.78 is 5.53. The second-order valence-electron chi connectivity index (χ2n) is 5.38. The minimum atomic E-state index is -0.180. The molecule has 0 saturated carbocycles. The van der Waals surface area contributed by atoms with Crippen molar-refractivity contribution in [2.24, 2.45) is 5.10 Å². The lowest BCUT2D eigenvalue weighted by Crippen LogP contribution is -2.19. The van der Waals surface area contributed by atoms with E-state index in [-0.39, 0.29) is 5.91 Å². The number of benzene rings is 2. The SMILES string of the molecule is C/C(=N/NC(=O)CCCOc1ccc(Cl)cc1Cl)c1ccc(N)cc1. The number of anilines is 1. The van der Waals surface area contributed by atoms with Crippen LogP contribution < -0.4 is 15.9 Å². The summed E-state index contributed by atoms with van der Waals surface area (Å²) in [5, 5.41) is 5.08. The average molecular weight is 380 g/mol. The van der Waals surface area contributed by atoms with Gasteiger partial charge < -0.3 is 10.5 Å². The Balaban J connectivity index is 1.73. The topological polar surface area (TPSA) is 76.7 Å². The number of ether oxygens (including phenoxy) is 1. The van der Waals surface area contributed by atoms with E-state index in [9.17, 15) is 4.79 Å². The van der Waals surface area contributed by atoms with E-state index in [2.05, 4.69) is 10.5 Å². The molecule has 0 fully saturated rings. The first-order valence-corrected chi connectivity index (χ1v) is 8.48. The maximum atomic E-state index is 11.8. The molecule has 5 nitrogen and oxygen atoms in total. The Morgan fingerprint density at radius 2 is 1.92 bits per heavy atom. The molecule has 7 heteroatoms. The van der Waals surface area contributed by atoms with Crippen molar-refractivity contribution in [3.63, 3.8) is 0 Å². The summed E-state index contributed by atoms with van der Waals surface area (Å²) in [7, 11) is 0. The molecule has 1 amide bonds. The molecule has 0 aliphatic carbocycles. The molecule has 0 aliphatic rings. The van der Waals surface area contributed by atoms with Crippen LogP contribution in [0.4, 0.5) is 5.69 Å². The Bertz CT molecular complexity index is 761. The molecule has 0 spiro atoms. The number of rotatable bonds is 7. The van der Waals surface area contributed by atoms with E-state index in [4.69, 9.17) is 33.7 Å². The first kappa shape index (κ1) is 19.1. The monoisotopic (exact) mass is 379 g/mol. The number of carbonyl (C=O) groups is 1. The number of nitrogen functional groups attached to an aromatic ring is 1. The van der Waals surface area contributed by atoms with Gasteiger partial charge in [0.1, 0.15) is 5.75 Å². The highest BCUT2D eigenvalue weighted by atomic mass is 35.5. The van der Waals surface area contributed by atoms with Crippen molar-refractivity contribution in [2.45, 2.75) is 19.8 Å². The largest absolute Gasteiger partial charge is 0.492 e. The van der Waals surface area contributed by atoms with Crippen LogP contribution in [0.3, 0.4) is 0 Å². The van der Waals surface area contributed by atoms with Gasteiger partial charge in [0.2, 0.25) is 5.91 Å². The molecule has 3 N–H and O–H groups in total. The number of carbonyl (C=O) groups excluding carboxylic acids is 1. The van der Waals surface area contributed by atoms with E-state index in [0.29, 0.717) is 46.6 Å². The molecule has 0 radical (unpaired) electrons. The summed E-state index contributed by atoms with van der Waals surface area (Å²) in [6.07, 6.45) is 0.838. The first-order chi connectivity index (χ1) is 12.0. The normalized spacial score (nSPS) is 11.2. The maximum absolute atomic E-state index is 11.8. The molecule has 0 aromatic heterocycles. The van der Waals surface area contributed by atoms with Gasteiger partial charge in [-0.3, -0.25) is 4.79 Å². The maximum Gasteiger partial charge on any atom is 0.240 e. The number of nitrogens with zero attached hydrogens (tertiary/aromatic N) is 1. The number of nitrogens with two attached hydrogens (primary N) is 1. The molecule has 132 valence electrons. The van der Waals surface area contributed by atoms with Crippen molar-refractivity contribution in [2.75, 3.05) is 12.3 Å². The second-order valence-corrected chi connectivity index (χ2v) is 6.22. The van der Waals surface area contributed by atoms with Gasteiger partial charge in [0.05, 0.1) is 17.3 Å². The lowest BCUT2D eigenvalue weighted by molar-refractivity contribution is -0.121. The fraction of sp³-hybridized carbons (Fsp3) is 0.222. The van der Waals surface area contributed by atoms with Crippen LogP contribution in [0.5, 0.6) is 5.75 Å². The van der Waals surface area contributed by atoms with E-state index in [1.165, 1.54) is 0 Å². The summed E-state index contributed by atoms with van der Waals surface area (Å²) in [6, 6.07) is 12.3. The van der Waals surface area contributed by atoms with Crippen LogP contribution in [0.15, 0.2) is 47.6 Å². The highest BCUT2D eigenvalue weighted by Gasteiger charge is 2.05. The molecule has 2 aromatic carbocycles. The van der Waals surface area contributed by atoms with E-state index in [1.54, 1.807) is 30.3 Å². The number of halogens is 2. The molecule has 25 heavy (non-hydrogen) atoms. The second kappa shape index (κ2) is 9.30. The fourth-order valence-corrected chi connectivity index (χ4v) is 2.46. The Hall–Kier alpha value is -2.24. The number of amides is 1. The zero-order valence-electron chi connectivity index (χ0n) is 13.8. The van der Waals surface area contributed by atoms with Gasteiger partial charge >= 0.3 is 0 Å². The van der Waals surface area contributed by atoms with Crippen LogP contribution in [-0.2, 0) is 4.79 Å². The summed E-state index contributed by atoms with van der Waals surface area (Å²) in [6.45, 7) is 2.19. The minimum Gasteiger partial charge on any atom is -0.492 e. The van der Waals surface area contributed by atoms with Crippen molar-refractivity contribution in [1.29, 1.82) is 0 Å². The van der Waals surface area contributed by atoms with Gasteiger partial charge in [-0.1, -0.05) is 35.3 Å². The van der Waals surface area contributed by atoms with Crippen LogP contribution in [-0.4, -0.2) is 18.2 Å². The molecule has 0 unspecified atom stereocenters. The third-order valence-corrected chi connectivity index (χ3v) is 3.91. The Morgan fingerprint density at radius 3 is 2.60 bits per heavy atom. The number of nitrogens with one attached hydrogen (secondary N) is 1. The van der Waals surface area contributed by atoms with Crippen molar-refractivity contribution in [3.05, 3.63) is 58.1 Å². The fourth-order valence-electron chi connectivity index (χ4n) is 2.00. The van der Waals surface area contributed by atoms with E-state index in [0.717, 1.165) is 5.56 Å². The van der Waals surface area contributed by atoms with Gasteiger partial charge in [-0.05, 0) is 49.2 Å². The molecule has 0 bridgehead atoms. The quantitative estimate of drug-likeness (QED) is 0.326. The van der Waals surface area contributed by atoms with Crippen molar-refractivity contribution in [1.82, 2.24) is 5.43 Å². The Labute approximate surface area is 156 Å². The third-order valence-electron chi connectivity index (χ3n) is 3.38. The molecule has 0 saturated heterocycles. The highest BCUT2D eigenvalue weighted by molar-refractivity contribution is 6.35. The van der Waals surface area contributed by atoms with Crippen LogP contribution in [0.2, 0.25) is 10.0 Å². The van der Waals surface area contributed by atoms with Crippen molar-refractivity contribution < 1.29 is 9.53 Å². The number of hydrogen-bond donors (Lipinski definition) is 2. The van der Waals surface area contributed by atoms with Crippen molar-refractivity contribution in [3.8, 4) is 5.75 Å². The van der Waals surface area contributed by atoms with Crippen molar-refractivity contribution >= 4 is 40.5 Å². The summed E-state index contributed by atoms with van der Waals surface area (Å²) in [5.74, 6) is 0.365. The predicted molar refractivity (Wildman–Crippen MR) is 102 cm³/mol. The Morgan fingerprint density at radius 1 is 1.20 bits per heavy atom. The molecule has 2 rings (SSSR count). The van der Waals surface area contributed by atoms with Crippen LogP contribution >= 0.6 is 23.2 Å². The summed E-state index contributed by atoms with van der Waals surface area (Å²) in [4.78, 5) is 11.8. The van der Waals surface area contributed by atoms with Crippen LogP contribution in [0.1, 0.15) is 25.3 Å². The highest BCUT2D eigenvalue weighted by Crippen LogP contribution is 2.27. The van der Waals surface area contributed by atoms with Gasteiger partial charge in [0, 0.05) is 17.1 Å². The molecular formula is C18H19Cl2N3O2. The zero-order chi connectivity index (χ0) is 18.2. The average Bonchev–Trinajstić information content (AvgIpc) is 2.58. The molecule has 0 aliphatic heterocycles. The van der Waals surface area contributed by atoms with E-state index < -0.39 is 0 Å². The zero-order valence-corrected chi connectivity index (χ0v) is 15.3. The van der Waals surface area contributed by atoms with Gasteiger partial charge in [0.15, 0.2) is 0 Å². The third kappa shape index (κ3) is 6.29. The van der Waals surface area contributed by atoms with Gasteiger partial charge in [-0.15, -0.1) is 0 Å². The molecule has 0 atom stereocenters. The smallest absolute Gasteiger partial charge is 0.240 e. The van der Waals surface area contributed by atoms with Gasteiger partial charge in [-0.25, -0.2) is 5.43 Å². The number of hydrogen-bond acceptors (Lipinski definition) is 4. The van der Waals surface area contributed by atoms with Gasteiger partial charge in [-0.2, -0.15) is 5.10 Å². The Kier molecular flexibility index (Phi) is 7.10. The molecular weight excluding hydrogens is 361 g/mol. The predicted octanol–water partition coefficient (Wildman–Crippen LogP) is 4.28. The molecule has 0 heterocycles. The lowest BCUT2D eigenvalue weighted by Gasteiger charge is -2.08. The van der Waals surface area contributed by atoms with E-state index >= 15 is 0 Å². The minimum absolute atomic E-state index is 0.180.